The van der Waals surface area contributed by atoms with Crippen LogP contribution in [0.5, 0.6) is 17.4 Å². The van der Waals surface area contributed by atoms with Crippen LogP contribution in [-0.2, 0) is 4.79 Å². The molecule has 1 aliphatic heterocycles. The van der Waals surface area contributed by atoms with Crippen LogP contribution in [0.15, 0.2) is 42.6 Å². The van der Waals surface area contributed by atoms with Gasteiger partial charge in [0, 0.05) is 18.8 Å². The van der Waals surface area contributed by atoms with Crippen molar-refractivity contribution >= 4 is 5.91 Å². The molecule has 2 aromatic rings. The van der Waals surface area contributed by atoms with E-state index in [1.54, 1.807) is 36.4 Å². The zero-order chi connectivity index (χ0) is 16.8. The van der Waals surface area contributed by atoms with Gasteiger partial charge in [0.2, 0.25) is 5.88 Å². The Morgan fingerprint density at radius 2 is 1.92 bits per heavy atom. The summed E-state index contributed by atoms with van der Waals surface area (Å²) in [6.07, 6.45) is 3.68. The molecule has 0 radical (unpaired) electrons. The van der Waals surface area contributed by atoms with Crippen LogP contribution in [0.1, 0.15) is 24.8 Å². The summed E-state index contributed by atoms with van der Waals surface area (Å²) < 4.78 is 11.4. The van der Waals surface area contributed by atoms with Crippen LogP contribution in [0, 0.1) is 11.3 Å². The number of nitriles is 1. The first kappa shape index (κ1) is 15.8. The Labute approximate surface area is 140 Å². The lowest BCUT2D eigenvalue weighted by atomic mass is 10.2. The van der Waals surface area contributed by atoms with Gasteiger partial charge in [-0.1, -0.05) is 0 Å². The molecular formula is C18H17N3O3. The fourth-order valence-electron chi connectivity index (χ4n) is 2.40. The van der Waals surface area contributed by atoms with Gasteiger partial charge in [-0.05, 0) is 49.6 Å². The highest BCUT2D eigenvalue weighted by molar-refractivity contribution is 5.81. The van der Waals surface area contributed by atoms with Gasteiger partial charge in [0.05, 0.1) is 5.56 Å². The highest BCUT2D eigenvalue weighted by Crippen LogP contribution is 2.24. The zero-order valence-corrected chi connectivity index (χ0v) is 13.1. The van der Waals surface area contributed by atoms with Crippen LogP contribution >= 0.6 is 0 Å². The van der Waals surface area contributed by atoms with E-state index in [1.807, 2.05) is 6.07 Å². The first-order chi connectivity index (χ1) is 11.7. The molecule has 6 nitrogen and oxygen atoms in total. The third-order valence-electron chi connectivity index (χ3n) is 3.67. The maximum absolute atomic E-state index is 11.9. The Bertz CT molecular complexity index is 736. The third-order valence-corrected chi connectivity index (χ3v) is 3.67. The molecule has 1 N–H and O–H groups in total. The predicted octanol–water partition coefficient (Wildman–Crippen LogP) is 2.79. The van der Waals surface area contributed by atoms with E-state index in [0.29, 0.717) is 29.5 Å². The standard InChI is InChI=1S/C18H17N3O3/c19-11-13-4-9-17(21-12-13)24-15-7-5-14(6-8-15)23-16-3-1-2-10-20-18(16)22/h4-9,12,16H,1-3,10H2,(H,20,22). The van der Waals surface area contributed by atoms with Gasteiger partial charge in [-0.3, -0.25) is 4.79 Å². The molecule has 6 heteroatoms. The number of hydrogen-bond acceptors (Lipinski definition) is 5. The number of pyridine rings is 1. The lowest BCUT2D eigenvalue weighted by Crippen LogP contribution is -2.36. The van der Waals surface area contributed by atoms with Crippen molar-refractivity contribution in [2.45, 2.75) is 25.4 Å². The molecule has 1 aromatic carbocycles. The summed E-state index contributed by atoms with van der Waals surface area (Å²) in [5, 5.41) is 11.6. The van der Waals surface area contributed by atoms with E-state index in [-0.39, 0.29) is 5.91 Å². The monoisotopic (exact) mass is 323 g/mol. The van der Waals surface area contributed by atoms with E-state index < -0.39 is 6.10 Å². The molecule has 1 atom stereocenters. The fourth-order valence-corrected chi connectivity index (χ4v) is 2.40. The van der Waals surface area contributed by atoms with Gasteiger partial charge in [-0.15, -0.1) is 0 Å². The van der Waals surface area contributed by atoms with Gasteiger partial charge in [-0.2, -0.15) is 5.26 Å². The molecule has 122 valence electrons. The number of hydrogen-bond donors (Lipinski definition) is 1. The predicted molar refractivity (Wildman–Crippen MR) is 86.7 cm³/mol. The Kier molecular flexibility index (Phi) is 4.92. The van der Waals surface area contributed by atoms with Crippen LogP contribution in [-0.4, -0.2) is 23.5 Å². The zero-order valence-electron chi connectivity index (χ0n) is 13.1. The third kappa shape index (κ3) is 4.02. The average molecular weight is 323 g/mol. The minimum absolute atomic E-state index is 0.0605. The van der Waals surface area contributed by atoms with Crippen LogP contribution in [0.4, 0.5) is 0 Å². The highest BCUT2D eigenvalue weighted by Gasteiger charge is 2.22. The van der Waals surface area contributed by atoms with E-state index in [0.717, 1.165) is 19.3 Å². The number of carbonyl (C=O) groups excluding carboxylic acids is 1. The number of nitrogens with zero attached hydrogens (tertiary/aromatic N) is 2. The molecule has 1 amide bonds. The highest BCUT2D eigenvalue weighted by atomic mass is 16.5. The summed E-state index contributed by atoms with van der Waals surface area (Å²) >= 11 is 0. The second-order valence-corrected chi connectivity index (χ2v) is 5.46. The summed E-state index contributed by atoms with van der Waals surface area (Å²) in [4.78, 5) is 15.9. The molecule has 1 unspecified atom stereocenters. The van der Waals surface area contributed by atoms with Crippen molar-refractivity contribution in [3.8, 4) is 23.4 Å². The van der Waals surface area contributed by atoms with E-state index in [1.165, 1.54) is 6.20 Å². The maximum atomic E-state index is 11.9. The number of nitrogens with one attached hydrogen (secondary N) is 1. The van der Waals surface area contributed by atoms with Gasteiger partial charge >= 0.3 is 0 Å². The van der Waals surface area contributed by atoms with Crippen molar-refractivity contribution in [1.82, 2.24) is 10.3 Å². The van der Waals surface area contributed by atoms with Crippen molar-refractivity contribution in [2.24, 2.45) is 0 Å². The lowest BCUT2D eigenvalue weighted by Gasteiger charge is -2.16. The van der Waals surface area contributed by atoms with Crippen molar-refractivity contribution < 1.29 is 14.3 Å². The summed E-state index contributed by atoms with van der Waals surface area (Å²) in [7, 11) is 0. The summed E-state index contributed by atoms with van der Waals surface area (Å²) in [5.41, 5.74) is 0.479. The van der Waals surface area contributed by atoms with Gasteiger partial charge < -0.3 is 14.8 Å². The topological polar surface area (TPSA) is 84.2 Å². The molecule has 1 aromatic heterocycles. The van der Waals surface area contributed by atoms with E-state index in [2.05, 4.69) is 10.3 Å². The number of aromatic nitrogens is 1. The second-order valence-electron chi connectivity index (χ2n) is 5.46. The lowest BCUT2D eigenvalue weighted by molar-refractivity contribution is -0.127. The minimum atomic E-state index is -0.445. The number of amides is 1. The summed E-state index contributed by atoms with van der Waals surface area (Å²) in [6.45, 7) is 0.711. The van der Waals surface area contributed by atoms with E-state index in [9.17, 15) is 4.79 Å². The largest absolute Gasteiger partial charge is 0.481 e. The van der Waals surface area contributed by atoms with Gasteiger partial charge in [-0.25, -0.2) is 4.98 Å². The molecular weight excluding hydrogens is 306 g/mol. The van der Waals surface area contributed by atoms with Gasteiger partial charge in [0.25, 0.3) is 5.91 Å². The van der Waals surface area contributed by atoms with Gasteiger partial charge in [0.15, 0.2) is 6.10 Å². The van der Waals surface area contributed by atoms with Crippen LogP contribution in [0.3, 0.4) is 0 Å². The molecule has 0 aliphatic carbocycles. The number of ether oxygens (including phenoxy) is 2. The smallest absolute Gasteiger partial charge is 0.261 e. The quantitative estimate of drug-likeness (QED) is 0.935. The number of benzene rings is 1. The SMILES string of the molecule is N#Cc1ccc(Oc2ccc(OC3CCCCNC3=O)cc2)nc1. The molecule has 1 fully saturated rings. The van der Waals surface area contributed by atoms with Crippen LogP contribution in [0.25, 0.3) is 0 Å². The molecule has 2 heterocycles. The fraction of sp³-hybridized carbons (Fsp3) is 0.278. The molecule has 3 rings (SSSR count). The molecule has 1 aliphatic rings. The molecule has 0 spiro atoms. The average Bonchev–Trinajstić information content (AvgIpc) is 2.82. The van der Waals surface area contributed by atoms with Crippen molar-refractivity contribution in [3.63, 3.8) is 0 Å². The first-order valence-corrected chi connectivity index (χ1v) is 7.83. The molecule has 1 saturated heterocycles. The maximum Gasteiger partial charge on any atom is 0.261 e. The van der Waals surface area contributed by atoms with Crippen molar-refractivity contribution in [2.75, 3.05) is 6.54 Å². The molecule has 0 saturated carbocycles. The van der Waals surface area contributed by atoms with Crippen LogP contribution < -0.4 is 14.8 Å². The van der Waals surface area contributed by atoms with Crippen molar-refractivity contribution in [3.05, 3.63) is 48.2 Å². The van der Waals surface area contributed by atoms with Gasteiger partial charge in [0.1, 0.15) is 17.6 Å². The minimum Gasteiger partial charge on any atom is -0.481 e. The number of rotatable bonds is 4. The molecule has 0 bridgehead atoms. The Balaban J connectivity index is 1.62. The normalized spacial score (nSPS) is 17.3. The Hall–Kier alpha value is -3.07. The van der Waals surface area contributed by atoms with Crippen LogP contribution in [0.2, 0.25) is 0 Å². The summed E-state index contributed by atoms with van der Waals surface area (Å²) in [5.74, 6) is 1.57. The Morgan fingerprint density at radius 3 is 2.62 bits per heavy atom. The first-order valence-electron chi connectivity index (χ1n) is 7.83. The van der Waals surface area contributed by atoms with E-state index >= 15 is 0 Å². The number of carbonyl (C=O) groups is 1. The summed E-state index contributed by atoms with van der Waals surface area (Å²) in [6, 6.07) is 12.3. The van der Waals surface area contributed by atoms with Crippen molar-refractivity contribution in [1.29, 1.82) is 5.26 Å². The second kappa shape index (κ2) is 7.47. The van der Waals surface area contributed by atoms with E-state index in [4.69, 9.17) is 14.7 Å². The molecule has 24 heavy (non-hydrogen) atoms. The Morgan fingerprint density at radius 1 is 1.12 bits per heavy atom.